The summed E-state index contributed by atoms with van der Waals surface area (Å²) in [4.78, 5) is 10.9. The van der Waals surface area contributed by atoms with Gasteiger partial charge in [0.2, 0.25) is 0 Å². The Balaban J connectivity index is 2.17. The van der Waals surface area contributed by atoms with Crippen LogP contribution in [0, 0.1) is 5.82 Å². The molecule has 0 bridgehead atoms. The molecule has 20 heavy (non-hydrogen) atoms. The summed E-state index contributed by atoms with van der Waals surface area (Å²) in [5.74, 6) is -0.822. The highest BCUT2D eigenvalue weighted by molar-refractivity contribution is 9.11. The minimum atomic E-state index is -1.02. The molecule has 6 heteroatoms. The van der Waals surface area contributed by atoms with Crippen LogP contribution < -0.4 is 4.74 Å². The average Bonchev–Trinajstić information content (AvgIpc) is 2.39. The highest BCUT2D eigenvalue weighted by atomic mass is 79.9. The van der Waals surface area contributed by atoms with E-state index in [1.54, 1.807) is 12.1 Å². The number of benzene rings is 2. The van der Waals surface area contributed by atoms with Gasteiger partial charge < -0.3 is 9.84 Å². The molecule has 0 aromatic heterocycles. The van der Waals surface area contributed by atoms with Gasteiger partial charge in [0, 0.05) is 0 Å². The van der Waals surface area contributed by atoms with Gasteiger partial charge in [-0.3, -0.25) is 0 Å². The van der Waals surface area contributed by atoms with Gasteiger partial charge in [0.1, 0.15) is 18.2 Å². The van der Waals surface area contributed by atoms with E-state index in [9.17, 15) is 9.18 Å². The molecule has 0 radical (unpaired) electrons. The Bertz CT molecular complexity index is 618. The normalized spacial score (nSPS) is 10.3. The lowest BCUT2D eigenvalue weighted by Gasteiger charge is -2.11. The Hall–Kier alpha value is -1.40. The maximum absolute atomic E-state index is 12.8. The topological polar surface area (TPSA) is 46.5 Å². The molecular weight excluding hydrogens is 395 g/mol. The molecule has 0 heterocycles. The van der Waals surface area contributed by atoms with Gasteiger partial charge in [-0.2, -0.15) is 0 Å². The van der Waals surface area contributed by atoms with Crippen molar-refractivity contribution >= 4 is 37.8 Å². The Morgan fingerprint density at radius 2 is 1.70 bits per heavy atom. The second-order valence-corrected chi connectivity index (χ2v) is 5.70. The molecule has 0 aliphatic carbocycles. The molecule has 0 saturated carbocycles. The molecular formula is C14H9Br2FO3. The Morgan fingerprint density at radius 1 is 1.15 bits per heavy atom. The van der Waals surface area contributed by atoms with E-state index in [0.717, 1.165) is 5.56 Å². The second kappa shape index (κ2) is 6.37. The van der Waals surface area contributed by atoms with Gasteiger partial charge in [0.05, 0.1) is 14.5 Å². The fraction of sp³-hybridized carbons (Fsp3) is 0.0714. The van der Waals surface area contributed by atoms with Crippen molar-refractivity contribution in [2.45, 2.75) is 6.61 Å². The maximum Gasteiger partial charge on any atom is 0.335 e. The fourth-order valence-corrected chi connectivity index (χ4v) is 2.97. The molecule has 1 N–H and O–H groups in total. The quantitative estimate of drug-likeness (QED) is 0.809. The third-order valence-electron chi connectivity index (χ3n) is 2.54. The van der Waals surface area contributed by atoms with Crippen LogP contribution in [-0.2, 0) is 6.61 Å². The van der Waals surface area contributed by atoms with Crippen LogP contribution in [0.3, 0.4) is 0 Å². The summed E-state index contributed by atoms with van der Waals surface area (Å²) >= 11 is 6.55. The summed E-state index contributed by atoms with van der Waals surface area (Å²) in [7, 11) is 0. The third-order valence-corrected chi connectivity index (χ3v) is 3.72. The van der Waals surface area contributed by atoms with Crippen LogP contribution in [-0.4, -0.2) is 11.1 Å². The van der Waals surface area contributed by atoms with Crippen molar-refractivity contribution in [3.05, 3.63) is 62.3 Å². The van der Waals surface area contributed by atoms with Crippen molar-refractivity contribution in [2.75, 3.05) is 0 Å². The number of halogens is 3. The van der Waals surface area contributed by atoms with E-state index in [4.69, 9.17) is 9.84 Å². The van der Waals surface area contributed by atoms with E-state index in [1.165, 1.54) is 24.3 Å². The lowest BCUT2D eigenvalue weighted by atomic mass is 10.2. The van der Waals surface area contributed by atoms with E-state index in [2.05, 4.69) is 31.9 Å². The Morgan fingerprint density at radius 3 is 2.20 bits per heavy atom. The molecule has 104 valence electrons. The van der Waals surface area contributed by atoms with Crippen LogP contribution in [0.4, 0.5) is 4.39 Å². The Labute approximate surface area is 131 Å². The average molecular weight is 404 g/mol. The largest absolute Gasteiger partial charge is 0.487 e. The van der Waals surface area contributed by atoms with Crippen molar-refractivity contribution in [2.24, 2.45) is 0 Å². The first-order valence-electron chi connectivity index (χ1n) is 5.57. The van der Waals surface area contributed by atoms with Crippen LogP contribution in [0.5, 0.6) is 5.75 Å². The Kier molecular flexibility index (Phi) is 4.77. The van der Waals surface area contributed by atoms with Crippen molar-refractivity contribution in [1.82, 2.24) is 0 Å². The lowest BCUT2D eigenvalue weighted by molar-refractivity contribution is 0.0696. The first-order valence-corrected chi connectivity index (χ1v) is 7.15. The minimum Gasteiger partial charge on any atom is -0.487 e. The molecule has 0 aliphatic rings. The summed E-state index contributed by atoms with van der Waals surface area (Å²) in [5.41, 5.74) is 0.963. The van der Waals surface area contributed by atoms with Crippen molar-refractivity contribution in [3.8, 4) is 5.75 Å². The van der Waals surface area contributed by atoms with E-state index >= 15 is 0 Å². The van der Waals surface area contributed by atoms with Crippen LogP contribution in [0.1, 0.15) is 15.9 Å². The SMILES string of the molecule is O=C(O)c1cc(Br)c(OCc2ccc(F)cc2)c(Br)c1. The van der Waals surface area contributed by atoms with Crippen LogP contribution in [0.15, 0.2) is 45.3 Å². The molecule has 0 unspecified atom stereocenters. The van der Waals surface area contributed by atoms with Gasteiger partial charge in [-0.05, 0) is 61.7 Å². The summed E-state index contributed by atoms with van der Waals surface area (Å²) in [5, 5.41) is 8.94. The summed E-state index contributed by atoms with van der Waals surface area (Å²) in [6.45, 7) is 0.254. The van der Waals surface area contributed by atoms with Crippen molar-refractivity contribution in [1.29, 1.82) is 0 Å². The van der Waals surface area contributed by atoms with Crippen LogP contribution in [0.25, 0.3) is 0 Å². The number of hydrogen-bond acceptors (Lipinski definition) is 2. The van der Waals surface area contributed by atoms with Gasteiger partial charge in [-0.15, -0.1) is 0 Å². The molecule has 0 atom stereocenters. The van der Waals surface area contributed by atoms with Crippen LogP contribution in [0.2, 0.25) is 0 Å². The number of carbonyl (C=O) groups is 1. The molecule has 0 amide bonds. The zero-order chi connectivity index (χ0) is 14.7. The summed E-state index contributed by atoms with van der Waals surface area (Å²) in [6, 6.07) is 8.90. The van der Waals surface area contributed by atoms with E-state index in [-0.39, 0.29) is 18.0 Å². The monoisotopic (exact) mass is 402 g/mol. The van der Waals surface area contributed by atoms with Gasteiger partial charge in [-0.25, -0.2) is 9.18 Å². The molecule has 2 aromatic rings. The third kappa shape index (κ3) is 3.58. The highest BCUT2D eigenvalue weighted by Crippen LogP contribution is 2.35. The molecule has 0 fully saturated rings. The van der Waals surface area contributed by atoms with Gasteiger partial charge in [0.25, 0.3) is 0 Å². The zero-order valence-corrected chi connectivity index (χ0v) is 13.2. The number of rotatable bonds is 4. The number of ether oxygens (including phenoxy) is 1. The minimum absolute atomic E-state index is 0.151. The van der Waals surface area contributed by atoms with Crippen molar-refractivity contribution < 1.29 is 19.0 Å². The van der Waals surface area contributed by atoms with Gasteiger partial charge in [0.15, 0.2) is 0 Å². The standard InChI is InChI=1S/C14H9Br2FO3/c15-11-5-9(14(18)19)6-12(16)13(11)20-7-8-1-3-10(17)4-2-8/h1-6H,7H2,(H,18,19). The molecule has 0 spiro atoms. The maximum atomic E-state index is 12.8. The second-order valence-electron chi connectivity index (χ2n) is 3.99. The van der Waals surface area contributed by atoms with Crippen LogP contribution >= 0.6 is 31.9 Å². The lowest BCUT2D eigenvalue weighted by Crippen LogP contribution is -2.00. The number of hydrogen-bond donors (Lipinski definition) is 1. The van der Waals surface area contributed by atoms with E-state index < -0.39 is 5.97 Å². The first-order chi connectivity index (χ1) is 9.47. The molecule has 0 saturated heterocycles. The smallest absolute Gasteiger partial charge is 0.335 e. The predicted molar refractivity (Wildman–Crippen MR) is 79.5 cm³/mol. The fourth-order valence-electron chi connectivity index (χ4n) is 1.56. The van der Waals surface area contributed by atoms with Gasteiger partial charge in [-0.1, -0.05) is 12.1 Å². The zero-order valence-electron chi connectivity index (χ0n) is 10.1. The van der Waals surface area contributed by atoms with E-state index in [1.807, 2.05) is 0 Å². The molecule has 3 nitrogen and oxygen atoms in total. The van der Waals surface area contributed by atoms with E-state index in [0.29, 0.717) is 14.7 Å². The summed E-state index contributed by atoms with van der Waals surface area (Å²) < 4.78 is 19.5. The van der Waals surface area contributed by atoms with Crippen molar-refractivity contribution in [3.63, 3.8) is 0 Å². The predicted octanol–water partition coefficient (Wildman–Crippen LogP) is 4.63. The molecule has 0 aliphatic heterocycles. The highest BCUT2D eigenvalue weighted by Gasteiger charge is 2.12. The summed E-state index contributed by atoms with van der Waals surface area (Å²) in [6.07, 6.45) is 0. The first kappa shape index (κ1) is 15.0. The number of carboxylic acids is 1. The molecule has 2 rings (SSSR count). The van der Waals surface area contributed by atoms with Gasteiger partial charge >= 0.3 is 5.97 Å². The number of carboxylic acid groups (broad SMARTS) is 1. The molecule has 2 aromatic carbocycles. The number of aromatic carboxylic acids is 1.